The number of carbonyl (C=O) groups is 1. The van der Waals surface area contributed by atoms with E-state index in [1.54, 1.807) is 0 Å². The number of amides is 1. The maximum Gasteiger partial charge on any atom is 0.260 e. The fraction of sp³-hybridized carbons (Fsp3) is 0.400. The Balaban J connectivity index is 1.26. The normalized spacial score (nSPS) is 14.6. The van der Waals surface area contributed by atoms with Crippen LogP contribution in [0.3, 0.4) is 0 Å². The molecule has 2 aromatic carbocycles. The van der Waals surface area contributed by atoms with Crippen molar-refractivity contribution in [3.8, 4) is 17.1 Å². The average Bonchev–Trinajstić information content (AvgIpc) is 3.27. The molecular formula is C25H29FN4O3. The number of halogens is 1. The molecule has 1 aliphatic rings. The van der Waals surface area contributed by atoms with Crippen molar-refractivity contribution in [2.75, 3.05) is 32.8 Å². The van der Waals surface area contributed by atoms with Crippen molar-refractivity contribution in [3.05, 3.63) is 65.8 Å². The number of ether oxygens (including phenoxy) is 1. The van der Waals surface area contributed by atoms with Gasteiger partial charge in [-0.15, -0.1) is 0 Å². The molecule has 0 radical (unpaired) electrons. The molecule has 0 atom stereocenters. The Morgan fingerprint density at radius 2 is 1.88 bits per heavy atom. The molecule has 2 heterocycles. The zero-order valence-corrected chi connectivity index (χ0v) is 19.0. The lowest BCUT2D eigenvalue weighted by Crippen LogP contribution is -2.49. The molecule has 8 heteroatoms. The number of piperazine rings is 1. The molecule has 3 aromatic rings. The minimum Gasteiger partial charge on any atom is -0.484 e. The highest BCUT2D eigenvalue weighted by atomic mass is 19.1. The molecule has 1 aliphatic heterocycles. The summed E-state index contributed by atoms with van der Waals surface area (Å²) in [5, 5.41) is 4.13. The monoisotopic (exact) mass is 452 g/mol. The van der Waals surface area contributed by atoms with E-state index in [9.17, 15) is 9.18 Å². The second kappa shape index (κ2) is 10.6. The van der Waals surface area contributed by atoms with E-state index in [4.69, 9.17) is 9.26 Å². The van der Waals surface area contributed by atoms with Gasteiger partial charge in [0.25, 0.3) is 5.91 Å². The first-order valence-electron chi connectivity index (χ1n) is 11.3. The van der Waals surface area contributed by atoms with Crippen LogP contribution in [0, 0.1) is 11.7 Å². The Hall–Kier alpha value is -3.26. The molecule has 1 fully saturated rings. The summed E-state index contributed by atoms with van der Waals surface area (Å²) in [7, 11) is 0. The van der Waals surface area contributed by atoms with E-state index in [0.717, 1.165) is 31.6 Å². The molecule has 1 amide bonds. The Morgan fingerprint density at radius 3 is 2.61 bits per heavy atom. The fourth-order valence-electron chi connectivity index (χ4n) is 3.79. The third kappa shape index (κ3) is 6.38. The molecule has 33 heavy (non-hydrogen) atoms. The number of hydrogen-bond acceptors (Lipinski definition) is 6. The molecule has 7 nitrogen and oxygen atoms in total. The van der Waals surface area contributed by atoms with Gasteiger partial charge in [-0.05, 0) is 41.8 Å². The summed E-state index contributed by atoms with van der Waals surface area (Å²) in [5.41, 5.74) is 2.11. The lowest BCUT2D eigenvalue weighted by molar-refractivity contribution is -0.135. The second-order valence-electron chi connectivity index (χ2n) is 8.71. The van der Waals surface area contributed by atoms with Gasteiger partial charge < -0.3 is 14.2 Å². The lowest BCUT2D eigenvalue weighted by atomic mass is 10.1. The van der Waals surface area contributed by atoms with Crippen LogP contribution < -0.4 is 4.74 Å². The van der Waals surface area contributed by atoms with E-state index in [1.807, 2.05) is 17.0 Å². The third-order valence-corrected chi connectivity index (χ3v) is 5.54. The average molecular weight is 453 g/mol. The first-order valence-corrected chi connectivity index (χ1v) is 11.3. The Morgan fingerprint density at radius 1 is 1.12 bits per heavy atom. The smallest absolute Gasteiger partial charge is 0.260 e. The van der Waals surface area contributed by atoms with Crippen LogP contribution in [0.4, 0.5) is 4.39 Å². The van der Waals surface area contributed by atoms with Gasteiger partial charge in [0, 0.05) is 44.7 Å². The van der Waals surface area contributed by atoms with E-state index in [2.05, 4.69) is 41.0 Å². The molecule has 0 aliphatic carbocycles. The highest BCUT2D eigenvalue weighted by molar-refractivity contribution is 5.77. The van der Waals surface area contributed by atoms with Gasteiger partial charge in [0.05, 0.1) is 0 Å². The van der Waals surface area contributed by atoms with Crippen molar-refractivity contribution in [1.82, 2.24) is 19.9 Å². The van der Waals surface area contributed by atoms with E-state index in [1.165, 1.54) is 29.8 Å². The number of hydrogen-bond donors (Lipinski definition) is 0. The maximum atomic E-state index is 13.0. The van der Waals surface area contributed by atoms with Crippen molar-refractivity contribution in [2.45, 2.75) is 26.8 Å². The van der Waals surface area contributed by atoms with Crippen LogP contribution >= 0.6 is 0 Å². The van der Waals surface area contributed by atoms with Gasteiger partial charge in [-0.25, -0.2) is 4.39 Å². The number of benzene rings is 2. The number of carbonyl (C=O) groups excluding carboxylic acids is 1. The van der Waals surface area contributed by atoms with Crippen molar-refractivity contribution < 1.29 is 18.4 Å². The van der Waals surface area contributed by atoms with Gasteiger partial charge in [-0.3, -0.25) is 9.69 Å². The minimum absolute atomic E-state index is 0.0445. The van der Waals surface area contributed by atoms with Crippen molar-refractivity contribution in [1.29, 1.82) is 0 Å². The van der Waals surface area contributed by atoms with Gasteiger partial charge in [-0.2, -0.15) is 4.98 Å². The summed E-state index contributed by atoms with van der Waals surface area (Å²) >= 11 is 0. The van der Waals surface area contributed by atoms with Gasteiger partial charge in [0.2, 0.25) is 11.7 Å². The molecule has 4 rings (SSSR count). The highest BCUT2D eigenvalue weighted by Gasteiger charge is 2.21. The molecule has 0 bridgehead atoms. The van der Waals surface area contributed by atoms with E-state index in [0.29, 0.717) is 36.5 Å². The summed E-state index contributed by atoms with van der Waals surface area (Å²) in [6.07, 6.45) is 0.768. The Kier molecular flexibility index (Phi) is 7.34. The Labute approximate surface area is 193 Å². The first-order chi connectivity index (χ1) is 16.0. The zero-order chi connectivity index (χ0) is 23.2. The van der Waals surface area contributed by atoms with Crippen molar-refractivity contribution in [2.24, 2.45) is 5.92 Å². The van der Waals surface area contributed by atoms with Gasteiger partial charge in [0.15, 0.2) is 6.61 Å². The molecule has 0 unspecified atom stereocenters. The van der Waals surface area contributed by atoms with E-state index in [-0.39, 0.29) is 18.3 Å². The number of rotatable bonds is 8. The molecule has 1 saturated heterocycles. The van der Waals surface area contributed by atoms with E-state index < -0.39 is 0 Å². The predicted octanol–water partition coefficient (Wildman–Crippen LogP) is 3.80. The number of nitrogens with zero attached hydrogens (tertiary/aromatic N) is 4. The maximum absolute atomic E-state index is 13.0. The van der Waals surface area contributed by atoms with Crippen LogP contribution in [0.25, 0.3) is 11.4 Å². The van der Waals surface area contributed by atoms with Crippen molar-refractivity contribution in [3.63, 3.8) is 0 Å². The summed E-state index contributed by atoms with van der Waals surface area (Å²) < 4.78 is 23.8. The minimum atomic E-state index is -0.330. The van der Waals surface area contributed by atoms with Crippen LogP contribution in [0.5, 0.6) is 5.75 Å². The van der Waals surface area contributed by atoms with E-state index >= 15 is 0 Å². The van der Waals surface area contributed by atoms with Crippen molar-refractivity contribution >= 4 is 5.91 Å². The summed E-state index contributed by atoms with van der Waals surface area (Å²) in [5.74, 6) is 1.84. The van der Waals surface area contributed by atoms with Gasteiger partial charge >= 0.3 is 0 Å². The predicted molar refractivity (Wildman–Crippen MR) is 122 cm³/mol. The zero-order valence-electron chi connectivity index (χ0n) is 19.0. The fourth-order valence-corrected chi connectivity index (χ4v) is 3.79. The molecule has 0 saturated carbocycles. The highest BCUT2D eigenvalue weighted by Crippen LogP contribution is 2.20. The summed E-state index contributed by atoms with van der Waals surface area (Å²) in [4.78, 5) is 21.1. The Bertz CT molecular complexity index is 1060. The third-order valence-electron chi connectivity index (χ3n) is 5.54. The summed E-state index contributed by atoms with van der Waals surface area (Å²) in [6, 6.07) is 13.9. The molecule has 174 valence electrons. The standard InChI is InChI=1S/C25H29FN4O3/c1-18(2)14-23-27-25(28-33-23)20-5-3-4-19(15-20)16-29-10-12-30(13-11-29)24(31)17-32-22-8-6-21(26)7-9-22/h3-9,15,18H,10-14,16-17H2,1-2H3. The van der Waals surface area contributed by atoms with Crippen LogP contribution in [-0.4, -0.2) is 58.6 Å². The van der Waals surface area contributed by atoms with Crippen LogP contribution in [-0.2, 0) is 17.8 Å². The van der Waals surface area contributed by atoms with Crippen LogP contribution in [0.1, 0.15) is 25.3 Å². The molecule has 1 aromatic heterocycles. The molecular weight excluding hydrogens is 423 g/mol. The van der Waals surface area contributed by atoms with Crippen LogP contribution in [0.15, 0.2) is 53.1 Å². The molecule has 0 N–H and O–H groups in total. The first kappa shape index (κ1) is 22.9. The van der Waals surface area contributed by atoms with Crippen LogP contribution in [0.2, 0.25) is 0 Å². The second-order valence-corrected chi connectivity index (χ2v) is 8.71. The SMILES string of the molecule is CC(C)Cc1nc(-c2cccc(CN3CCN(C(=O)COc4ccc(F)cc4)CC3)c2)no1. The van der Waals surface area contributed by atoms with Gasteiger partial charge in [0.1, 0.15) is 11.6 Å². The summed E-state index contributed by atoms with van der Waals surface area (Å²) in [6.45, 7) is 7.85. The topological polar surface area (TPSA) is 71.7 Å². The largest absolute Gasteiger partial charge is 0.484 e. The quantitative estimate of drug-likeness (QED) is 0.518. The number of aromatic nitrogens is 2. The lowest BCUT2D eigenvalue weighted by Gasteiger charge is -2.34. The molecule has 0 spiro atoms. The van der Waals surface area contributed by atoms with Gasteiger partial charge in [-0.1, -0.05) is 37.2 Å².